The van der Waals surface area contributed by atoms with E-state index in [2.05, 4.69) is 0 Å². The zero-order valence-electron chi connectivity index (χ0n) is 16.0. The van der Waals surface area contributed by atoms with Crippen molar-refractivity contribution in [2.75, 3.05) is 20.3 Å². The first-order chi connectivity index (χ1) is 11.5. The molecule has 0 bridgehead atoms. The molecular weight excluding hydrogens is 318 g/mol. The molecule has 2 rings (SSSR count). The van der Waals surface area contributed by atoms with Gasteiger partial charge in [-0.1, -0.05) is 34.6 Å². The summed E-state index contributed by atoms with van der Waals surface area (Å²) in [6.45, 7) is 10.3. The van der Waals surface area contributed by atoms with Crippen LogP contribution in [-0.4, -0.2) is 41.4 Å². The van der Waals surface area contributed by atoms with Crippen LogP contribution in [0.1, 0.15) is 57.7 Å². The van der Waals surface area contributed by atoms with Gasteiger partial charge < -0.3 is 10.2 Å². The summed E-state index contributed by atoms with van der Waals surface area (Å²) in [5.74, 6) is 0.0841. The van der Waals surface area contributed by atoms with Gasteiger partial charge >= 0.3 is 0 Å². The van der Waals surface area contributed by atoms with E-state index in [-0.39, 0.29) is 23.7 Å². The van der Waals surface area contributed by atoms with Gasteiger partial charge in [0.2, 0.25) is 0 Å². The highest BCUT2D eigenvalue weighted by molar-refractivity contribution is 5.99. The Morgan fingerprint density at radius 1 is 1.20 bits per heavy atom. The molecule has 25 heavy (non-hydrogen) atoms. The first-order valence-corrected chi connectivity index (χ1v) is 8.56. The molecule has 0 aliphatic carbocycles. The summed E-state index contributed by atoms with van der Waals surface area (Å²) in [7, 11) is 1.49. The Hall–Kier alpha value is -1.85. The van der Waals surface area contributed by atoms with Gasteiger partial charge in [0.25, 0.3) is 5.91 Å². The summed E-state index contributed by atoms with van der Waals surface area (Å²) >= 11 is 0. The van der Waals surface area contributed by atoms with Crippen molar-refractivity contribution in [1.82, 2.24) is 5.06 Å². The van der Waals surface area contributed by atoms with Gasteiger partial charge in [0.05, 0.1) is 20.3 Å². The average molecular weight is 347 g/mol. The molecule has 5 heteroatoms. The van der Waals surface area contributed by atoms with Crippen LogP contribution in [0.15, 0.2) is 17.7 Å². The molecule has 1 heterocycles. The molecule has 0 spiro atoms. The van der Waals surface area contributed by atoms with Crippen LogP contribution in [0.3, 0.4) is 0 Å². The molecular formula is C20H29NO4. The first kappa shape index (κ1) is 19.5. The molecule has 1 amide bonds. The fraction of sp³-hybridized carbons (Fsp3) is 0.550. The van der Waals surface area contributed by atoms with Crippen molar-refractivity contribution in [3.05, 3.63) is 34.4 Å². The second kappa shape index (κ2) is 6.81. The number of phenols is 1. The van der Waals surface area contributed by atoms with Gasteiger partial charge in [-0.2, -0.15) is 0 Å². The van der Waals surface area contributed by atoms with Crippen LogP contribution >= 0.6 is 0 Å². The summed E-state index contributed by atoms with van der Waals surface area (Å²) in [4.78, 5) is 17.3. The SMILES string of the molecule is CON1CCC(=Cc2cc(C(C)(C)C)c(O)c(C(C)(C)CO)c2)C1=O. The fourth-order valence-corrected chi connectivity index (χ4v) is 3.01. The van der Waals surface area contributed by atoms with Crippen molar-refractivity contribution >= 4 is 12.0 Å². The van der Waals surface area contributed by atoms with Crippen molar-refractivity contribution in [3.8, 4) is 5.75 Å². The topological polar surface area (TPSA) is 70.0 Å². The number of nitrogens with zero attached hydrogens (tertiary/aromatic N) is 1. The maximum absolute atomic E-state index is 12.3. The molecule has 1 aromatic carbocycles. The van der Waals surface area contributed by atoms with E-state index in [1.54, 1.807) is 0 Å². The number of aliphatic hydroxyl groups excluding tert-OH is 1. The second-order valence-corrected chi connectivity index (χ2v) is 8.27. The van der Waals surface area contributed by atoms with E-state index in [0.29, 0.717) is 24.1 Å². The fourth-order valence-electron chi connectivity index (χ4n) is 3.01. The standard InChI is InChI=1S/C20H29NO4/c1-19(2,3)15-10-13(9-14-7-8-21(25-6)18(14)24)11-16(17(15)23)20(4,5)12-22/h9-11,22-23H,7-8,12H2,1-6H3. The number of hydroxylamine groups is 2. The highest BCUT2D eigenvalue weighted by Gasteiger charge is 2.30. The van der Waals surface area contributed by atoms with Crippen LogP contribution in [0.25, 0.3) is 6.08 Å². The van der Waals surface area contributed by atoms with Gasteiger partial charge in [-0.25, -0.2) is 5.06 Å². The number of aromatic hydroxyl groups is 1. The number of amides is 1. The lowest BCUT2D eigenvalue weighted by Crippen LogP contribution is -2.24. The molecule has 1 aliphatic heterocycles. The molecule has 138 valence electrons. The van der Waals surface area contributed by atoms with Gasteiger partial charge in [-0.15, -0.1) is 0 Å². The maximum Gasteiger partial charge on any atom is 0.273 e. The molecule has 0 atom stereocenters. The number of benzene rings is 1. The van der Waals surface area contributed by atoms with Crippen molar-refractivity contribution in [1.29, 1.82) is 0 Å². The number of phenolic OH excluding ortho intramolecular Hbond substituents is 1. The summed E-state index contributed by atoms with van der Waals surface area (Å²) in [6, 6.07) is 3.78. The van der Waals surface area contributed by atoms with Gasteiger partial charge in [-0.3, -0.25) is 9.63 Å². The Kier molecular flexibility index (Phi) is 5.30. The maximum atomic E-state index is 12.3. The molecule has 1 fully saturated rings. The van der Waals surface area contributed by atoms with E-state index in [9.17, 15) is 15.0 Å². The quantitative estimate of drug-likeness (QED) is 0.821. The molecule has 5 nitrogen and oxygen atoms in total. The van der Waals surface area contributed by atoms with Crippen LogP contribution in [-0.2, 0) is 20.5 Å². The Morgan fingerprint density at radius 2 is 1.80 bits per heavy atom. The third-order valence-electron chi connectivity index (χ3n) is 4.71. The van der Waals surface area contributed by atoms with Gasteiger partial charge in [0, 0.05) is 22.1 Å². The van der Waals surface area contributed by atoms with Crippen LogP contribution in [0, 0.1) is 0 Å². The molecule has 2 N–H and O–H groups in total. The lowest BCUT2D eigenvalue weighted by atomic mass is 9.77. The van der Waals surface area contributed by atoms with Gasteiger partial charge in [-0.05, 0) is 35.6 Å². The van der Waals surface area contributed by atoms with Crippen molar-refractivity contribution in [3.63, 3.8) is 0 Å². The predicted molar refractivity (Wildman–Crippen MR) is 98.2 cm³/mol. The van der Waals surface area contributed by atoms with Crippen molar-refractivity contribution < 1.29 is 19.8 Å². The van der Waals surface area contributed by atoms with Crippen molar-refractivity contribution in [2.45, 2.75) is 51.9 Å². The number of hydrogen-bond donors (Lipinski definition) is 2. The Labute approximate surface area is 149 Å². The Bertz CT molecular complexity index is 698. The van der Waals surface area contributed by atoms with E-state index in [1.807, 2.05) is 52.8 Å². The smallest absolute Gasteiger partial charge is 0.273 e. The number of hydrogen-bond acceptors (Lipinski definition) is 4. The summed E-state index contributed by atoms with van der Waals surface area (Å²) in [6.07, 6.45) is 2.48. The molecule has 0 unspecified atom stereocenters. The minimum Gasteiger partial charge on any atom is -0.507 e. The molecule has 1 aromatic rings. The van der Waals surface area contributed by atoms with Gasteiger partial charge in [0.1, 0.15) is 5.75 Å². The Balaban J connectivity index is 2.60. The third-order valence-corrected chi connectivity index (χ3v) is 4.71. The van der Waals surface area contributed by atoms with E-state index >= 15 is 0 Å². The minimum absolute atomic E-state index is 0.0828. The third kappa shape index (κ3) is 3.88. The van der Waals surface area contributed by atoms with E-state index in [0.717, 1.165) is 11.1 Å². The number of rotatable bonds is 4. The highest BCUT2D eigenvalue weighted by atomic mass is 16.7. The lowest BCUT2D eigenvalue weighted by molar-refractivity contribution is -0.164. The molecule has 1 saturated heterocycles. The molecule has 0 aromatic heterocycles. The Morgan fingerprint density at radius 3 is 2.28 bits per heavy atom. The monoisotopic (exact) mass is 347 g/mol. The minimum atomic E-state index is -0.586. The van der Waals surface area contributed by atoms with E-state index < -0.39 is 5.41 Å². The van der Waals surface area contributed by atoms with E-state index in [1.165, 1.54) is 12.2 Å². The first-order valence-electron chi connectivity index (χ1n) is 8.56. The normalized spacial score (nSPS) is 17.6. The zero-order valence-corrected chi connectivity index (χ0v) is 16.0. The summed E-state index contributed by atoms with van der Waals surface area (Å²) in [5, 5.41) is 21.9. The number of aliphatic hydroxyl groups is 1. The summed E-state index contributed by atoms with van der Waals surface area (Å²) < 4.78 is 0. The second-order valence-electron chi connectivity index (χ2n) is 8.27. The summed E-state index contributed by atoms with van der Waals surface area (Å²) in [5.41, 5.74) is 2.16. The molecule has 0 radical (unpaired) electrons. The van der Waals surface area contributed by atoms with Crippen LogP contribution in [0.4, 0.5) is 0 Å². The van der Waals surface area contributed by atoms with Crippen LogP contribution < -0.4 is 0 Å². The van der Waals surface area contributed by atoms with Crippen LogP contribution in [0.5, 0.6) is 5.75 Å². The largest absolute Gasteiger partial charge is 0.507 e. The molecule has 0 saturated carbocycles. The molecule has 1 aliphatic rings. The number of carbonyl (C=O) groups excluding carboxylic acids is 1. The lowest BCUT2D eigenvalue weighted by Gasteiger charge is -2.29. The van der Waals surface area contributed by atoms with Gasteiger partial charge in [0.15, 0.2) is 0 Å². The zero-order chi connectivity index (χ0) is 19.0. The number of carbonyl (C=O) groups is 1. The van der Waals surface area contributed by atoms with Crippen LogP contribution in [0.2, 0.25) is 0 Å². The van der Waals surface area contributed by atoms with E-state index in [4.69, 9.17) is 4.84 Å². The predicted octanol–water partition coefficient (Wildman–Crippen LogP) is 3.14. The van der Waals surface area contributed by atoms with Crippen molar-refractivity contribution in [2.24, 2.45) is 0 Å². The highest BCUT2D eigenvalue weighted by Crippen LogP contribution is 2.40. The average Bonchev–Trinajstić information content (AvgIpc) is 2.87.